The van der Waals surface area contributed by atoms with Gasteiger partial charge in [0.05, 0.1) is 29.7 Å². The van der Waals surface area contributed by atoms with E-state index in [0.717, 1.165) is 18.4 Å². The first-order chi connectivity index (χ1) is 15.0. The van der Waals surface area contributed by atoms with Crippen molar-refractivity contribution >= 4 is 51.7 Å². The van der Waals surface area contributed by atoms with E-state index in [1.807, 2.05) is 13.0 Å². The summed E-state index contributed by atoms with van der Waals surface area (Å²) in [6.07, 6.45) is 5.18. The van der Waals surface area contributed by atoms with Gasteiger partial charge in [0.25, 0.3) is 11.5 Å². The summed E-state index contributed by atoms with van der Waals surface area (Å²) in [6, 6.07) is 3.70. The topological polar surface area (TPSA) is 85.2 Å². The molecule has 1 unspecified atom stereocenters. The SMILES string of the molecule is COCCNc1nc2c(C)cccn2c(=O)c1/C=C1\SC(=S)N(CC2CCCO2)C1=O. The number of anilines is 1. The monoisotopic (exact) mass is 460 g/mol. The van der Waals surface area contributed by atoms with Crippen LogP contribution in [0.25, 0.3) is 11.7 Å². The Hall–Kier alpha value is -2.27. The molecule has 1 N–H and O–H groups in total. The van der Waals surface area contributed by atoms with E-state index in [1.165, 1.54) is 16.2 Å². The summed E-state index contributed by atoms with van der Waals surface area (Å²) >= 11 is 6.63. The Morgan fingerprint density at radius 1 is 1.45 bits per heavy atom. The maximum Gasteiger partial charge on any atom is 0.267 e. The molecule has 4 heterocycles. The summed E-state index contributed by atoms with van der Waals surface area (Å²) < 4.78 is 12.7. The Labute approximate surface area is 189 Å². The third-order valence-electron chi connectivity index (χ3n) is 5.24. The van der Waals surface area contributed by atoms with Crippen LogP contribution in [0.4, 0.5) is 5.82 Å². The highest BCUT2D eigenvalue weighted by atomic mass is 32.2. The number of aryl methyl sites for hydroxylation is 1. The van der Waals surface area contributed by atoms with Gasteiger partial charge in [0.1, 0.15) is 15.8 Å². The van der Waals surface area contributed by atoms with Crippen LogP contribution in [-0.2, 0) is 14.3 Å². The van der Waals surface area contributed by atoms with Crippen molar-refractivity contribution in [3.05, 3.63) is 44.7 Å². The maximum atomic E-state index is 13.3. The molecule has 2 aromatic heterocycles. The third kappa shape index (κ3) is 4.52. The highest BCUT2D eigenvalue weighted by Gasteiger charge is 2.35. The average Bonchev–Trinajstić information content (AvgIpc) is 3.35. The lowest BCUT2D eigenvalue weighted by atomic mass is 10.2. The zero-order chi connectivity index (χ0) is 22.0. The average molecular weight is 461 g/mol. The predicted octanol–water partition coefficient (Wildman–Crippen LogP) is 2.44. The molecule has 2 aliphatic rings. The highest BCUT2D eigenvalue weighted by molar-refractivity contribution is 8.26. The number of thiocarbonyl (C=S) groups is 1. The number of amides is 1. The van der Waals surface area contributed by atoms with Crippen molar-refractivity contribution in [2.24, 2.45) is 0 Å². The molecule has 0 saturated carbocycles. The fourth-order valence-corrected chi connectivity index (χ4v) is 4.89. The number of methoxy groups -OCH3 is 1. The molecule has 2 aliphatic heterocycles. The number of aromatic nitrogens is 2. The van der Waals surface area contributed by atoms with Gasteiger partial charge in [-0.15, -0.1) is 0 Å². The van der Waals surface area contributed by atoms with E-state index < -0.39 is 0 Å². The molecule has 8 nitrogen and oxygen atoms in total. The number of nitrogens with zero attached hydrogens (tertiary/aromatic N) is 3. The lowest BCUT2D eigenvalue weighted by Crippen LogP contribution is -2.35. The second-order valence-electron chi connectivity index (χ2n) is 7.41. The second-order valence-corrected chi connectivity index (χ2v) is 9.09. The van der Waals surface area contributed by atoms with Crippen LogP contribution < -0.4 is 10.9 Å². The van der Waals surface area contributed by atoms with Crippen molar-refractivity contribution < 1.29 is 14.3 Å². The van der Waals surface area contributed by atoms with E-state index in [0.29, 0.717) is 52.6 Å². The number of carbonyl (C=O) groups excluding carboxylic acids is 1. The molecule has 31 heavy (non-hydrogen) atoms. The summed E-state index contributed by atoms with van der Waals surface area (Å²) in [7, 11) is 1.61. The molecule has 0 spiro atoms. The van der Waals surface area contributed by atoms with Gasteiger partial charge in [0.15, 0.2) is 0 Å². The smallest absolute Gasteiger partial charge is 0.267 e. The number of ether oxygens (including phenoxy) is 2. The standard InChI is InChI=1S/C21H24N4O4S2/c1-13-5-3-8-24-18(13)23-17(22-7-10-28-2)15(19(24)26)11-16-20(27)25(21(30)31-16)12-14-6-4-9-29-14/h3,5,8,11,14,22H,4,6-7,9-10,12H2,1-2H3/b16-11-. The van der Waals surface area contributed by atoms with Crippen LogP contribution in [0.2, 0.25) is 0 Å². The summed E-state index contributed by atoms with van der Waals surface area (Å²) in [5.74, 6) is 0.211. The molecule has 0 aromatic carbocycles. The first kappa shape index (κ1) is 21.9. The minimum absolute atomic E-state index is 0.00376. The molecule has 10 heteroatoms. The van der Waals surface area contributed by atoms with Crippen LogP contribution in [-0.4, -0.2) is 64.0 Å². The second kappa shape index (κ2) is 9.47. The van der Waals surface area contributed by atoms with Crippen LogP contribution in [0.15, 0.2) is 28.0 Å². The molecular weight excluding hydrogens is 436 g/mol. The van der Waals surface area contributed by atoms with Crippen LogP contribution in [0, 0.1) is 6.92 Å². The highest BCUT2D eigenvalue weighted by Crippen LogP contribution is 2.34. The van der Waals surface area contributed by atoms with Gasteiger partial charge < -0.3 is 14.8 Å². The summed E-state index contributed by atoms with van der Waals surface area (Å²) in [6.45, 7) is 3.99. The van der Waals surface area contributed by atoms with E-state index in [2.05, 4.69) is 10.3 Å². The molecule has 2 saturated heterocycles. The minimum atomic E-state index is -0.252. The Balaban J connectivity index is 1.72. The number of carbonyl (C=O) groups is 1. The van der Waals surface area contributed by atoms with Gasteiger partial charge in [-0.1, -0.05) is 30.0 Å². The van der Waals surface area contributed by atoms with Crippen LogP contribution in [0.1, 0.15) is 24.0 Å². The van der Waals surface area contributed by atoms with E-state index in [4.69, 9.17) is 21.7 Å². The van der Waals surface area contributed by atoms with Gasteiger partial charge in [-0.3, -0.25) is 18.9 Å². The zero-order valence-electron chi connectivity index (χ0n) is 17.4. The van der Waals surface area contributed by atoms with E-state index >= 15 is 0 Å². The molecule has 2 fully saturated rings. The minimum Gasteiger partial charge on any atom is -0.383 e. The summed E-state index contributed by atoms with van der Waals surface area (Å²) in [5.41, 5.74) is 1.51. The van der Waals surface area contributed by atoms with Gasteiger partial charge in [-0.05, 0) is 37.5 Å². The molecule has 0 bridgehead atoms. The van der Waals surface area contributed by atoms with Crippen molar-refractivity contribution in [1.82, 2.24) is 14.3 Å². The molecule has 0 aliphatic carbocycles. The largest absolute Gasteiger partial charge is 0.383 e. The van der Waals surface area contributed by atoms with E-state index in [-0.39, 0.29) is 17.6 Å². The number of thioether (sulfide) groups is 1. The van der Waals surface area contributed by atoms with Crippen molar-refractivity contribution in [3.8, 4) is 0 Å². The Morgan fingerprint density at radius 3 is 3.03 bits per heavy atom. The quantitative estimate of drug-likeness (QED) is 0.383. The number of nitrogens with one attached hydrogen (secondary N) is 1. The molecule has 164 valence electrons. The number of pyridine rings is 1. The first-order valence-corrected chi connectivity index (χ1v) is 11.3. The lowest BCUT2D eigenvalue weighted by Gasteiger charge is -2.18. The van der Waals surface area contributed by atoms with Crippen LogP contribution in [0.5, 0.6) is 0 Å². The van der Waals surface area contributed by atoms with Gasteiger partial charge >= 0.3 is 0 Å². The van der Waals surface area contributed by atoms with Crippen LogP contribution >= 0.6 is 24.0 Å². The van der Waals surface area contributed by atoms with Gasteiger partial charge in [-0.25, -0.2) is 4.98 Å². The van der Waals surface area contributed by atoms with Crippen LogP contribution in [0.3, 0.4) is 0 Å². The molecular formula is C21H24N4O4S2. The fourth-order valence-electron chi connectivity index (χ4n) is 3.63. The number of hydrogen-bond donors (Lipinski definition) is 1. The van der Waals surface area contributed by atoms with Crippen molar-refractivity contribution in [2.75, 3.05) is 38.7 Å². The number of fused-ring (bicyclic) bond motifs is 1. The van der Waals surface area contributed by atoms with Crippen molar-refractivity contribution in [2.45, 2.75) is 25.9 Å². The summed E-state index contributed by atoms with van der Waals surface area (Å²) in [4.78, 5) is 33.0. The Bertz CT molecular complexity index is 1110. The Kier molecular flexibility index (Phi) is 6.71. The molecule has 0 radical (unpaired) electrons. The molecule has 2 aromatic rings. The maximum absolute atomic E-state index is 13.3. The van der Waals surface area contributed by atoms with Crippen molar-refractivity contribution in [1.29, 1.82) is 0 Å². The third-order valence-corrected chi connectivity index (χ3v) is 6.62. The molecule has 4 rings (SSSR count). The lowest BCUT2D eigenvalue weighted by molar-refractivity contribution is -0.123. The Morgan fingerprint density at radius 2 is 2.29 bits per heavy atom. The summed E-state index contributed by atoms with van der Waals surface area (Å²) in [5, 5.41) is 3.16. The fraction of sp³-hybridized carbons (Fsp3) is 0.429. The normalized spacial score (nSPS) is 20.4. The number of hydrogen-bond acceptors (Lipinski definition) is 8. The molecule has 1 atom stereocenters. The number of rotatable bonds is 7. The van der Waals surface area contributed by atoms with E-state index in [1.54, 1.807) is 30.3 Å². The van der Waals surface area contributed by atoms with Crippen molar-refractivity contribution in [3.63, 3.8) is 0 Å². The predicted molar refractivity (Wildman–Crippen MR) is 125 cm³/mol. The first-order valence-electron chi connectivity index (χ1n) is 10.1. The van der Waals surface area contributed by atoms with E-state index in [9.17, 15) is 9.59 Å². The van der Waals surface area contributed by atoms with Gasteiger partial charge in [0.2, 0.25) is 0 Å². The molecule has 1 amide bonds. The zero-order valence-corrected chi connectivity index (χ0v) is 19.1. The van der Waals surface area contributed by atoms with Gasteiger partial charge in [0, 0.05) is 26.5 Å². The van der Waals surface area contributed by atoms with Gasteiger partial charge in [-0.2, -0.15) is 0 Å².